The topological polar surface area (TPSA) is 29.9 Å². The molecule has 1 N–H and O–H groups in total. The minimum absolute atomic E-state index is 0.531. The molecule has 0 saturated heterocycles. The molecule has 0 bridgehead atoms. The summed E-state index contributed by atoms with van der Waals surface area (Å²) < 4.78 is 1.86. The number of benzene rings is 1. The number of hydrogen-bond donors (Lipinski definition) is 1. The van der Waals surface area contributed by atoms with Crippen molar-refractivity contribution >= 4 is 11.8 Å². The second kappa shape index (κ2) is 7.50. The predicted molar refractivity (Wildman–Crippen MR) is 86.1 cm³/mol. The summed E-state index contributed by atoms with van der Waals surface area (Å²) in [5.41, 5.74) is 2.65. The highest BCUT2D eigenvalue weighted by Gasteiger charge is 1.99. The molecule has 3 nitrogen and oxygen atoms in total. The number of rotatable bonds is 7. The summed E-state index contributed by atoms with van der Waals surface area (Å²) in [6, 6.07) is 9.38. The molecule has 2 rings (SSSR count). The van der Waals surface area contributed by atoms with Crippen LogP contribution in [0.15, 0.2) is 41.6 Å². The number of nitrogens with one attached hydrogen (secondary N) is 1. The van der Waals surface area contributed by atoms with Crippen molar-refractivity contribution in [1.82, 2.24) is 15.1 Å². The Balaban J connectivity index is 1.76. The first-order chi connectivity index (χ1) is 9.63. The van der Waals surface area contributed by atoms with Crippen LogP contribution in [-0.4, -0.2) is 21.6 Å². The number of aryl methyl sites for hydroxylation is 2. The van der Waals surface area contributed by atoms with Gasteiger partial charge in [-0.05, 0) is 29.7 Å². The molecule has 1 aromatic carbocycles. The highest BCUT2D eigenvalue weighted by atomic mass is 32.2. The van der Waals surface area contributed by atoms with E-state index in [1.807, 2.05) is 29.7 Å². The van der Waals surface area contributed by atoms with Gasteiger partial charge in [-0.15, -0.1) is 11.8 Å². The Kier molecular flexibility index (Phi) is 5.68. The quantitative estimate of drug-likeness (QED) is 0.794. The molecule has 0 aliphatic heterocycles. The van der Waals surface area contributed by atoms with E-state index in [0.29, 0.717) is 6.04 Å². The van der Waals surface area contributed by atoms with Crippen molar-refractivity contribution in [3.63, 3.8) is 0 Å². The molecular weight excluding hydrogens is 266 g/mol. The van der Waals surface area contributed by atoms with E-state index in [9.17, 15) is 0 Å². The molecule has 1 aromatic heterocycles. The number of thioether (sulfide) groups is 1. The Hall–Kier alpha value is -1.26. The zero-order valence-electron chi connectivity index (χ0n) is 12.5. The van der Waals surface area contributed by atoms with E-state index in [1.54, 1.807) is 0 Å². The third-order valence-corrected chi connectivity index (χ3v) is 4.07. The highest BCUT2D eigenvalue weighted by molar-refractivity contribution is 7.99. The molecule has 0 aliphatic carbocycles. The van der Waals surface area contributed by atoms with Gasteiger partial charge in [-0.1, -0.05) is 26.0 Å². The van der Waals surface area contributed by atoms with Gasteiger partial charge < -0.3 is 5.32 Å². The van der Waals surface area contributed by atoms with Gasteiger partial charge in [0.05, 0.1) is 6.20 Å². The van der Waals surface area contributed by atoms with Crippen LogP contribution in [0, 0.1) is 0 Å². The van der Waals surface area contributed by atoms with Gasteiger partial charge in [0, 0.05) is 36.5 Å². The van der Waals surface area contributed by atoms with Gasteiger partial charge in [0.15, 0.2) is 0 Å². The minimum atomic E-state index is 0.531. The third-order valence-electron chi connectivity index (χ3n) is 3.06. The Morgan fingerprint density at radius 1 is 1.20 bits per heavy atom. The zero-order chi connectivity index (χ0) is 14.4. The third kappa shape index (κ3) is 5.02. The van der Waals surface area contributed by atoms with E-state index in [4.69, 9.17) is 0 Å². The van der Waals surface area contributed by atoms with Crippen LogP contribution in [0.3, 0.4) is 0 Å². The van der Waals surface area contributed by atoms with Gasteiger partial charge in [-0.25, -0.2) is 0 Å². The van der Waals surface area contributed by atoms with E-state index >= 15 is 0 Å². The summed E-state index contributed by atoms with van der Waals surface area (Å²) in [6.07, 6.45) is 5.09. The maximum Gasteiger partial charge on any atom is 0.0521 e. The van der Waals surface area contributed by atoms with E-state index in [1.165, 1.54) is 16.0 Å². The van der Waals surface area contributed by atoms with Crippen LogP contribution in [-0.2, 0) is 20.0 Å². The molecule has 0 spiro atoms. The average Bonchev–Trinajstić information content (AvgIpc) is 2.83. The second-order valence-corrected chi connectivity index (χ2v) is 6.47. The number of hydrogen-bond acceptors (Lipinski definition) is 3. The zero-order valence-corrected chi connectivity index (χ0v) is 13.3. The lowest BCUT2D eigenvalue weighted by molar-refractivity contribution is 0.588. The molecule has 20 heavy (non-hydrogen) atoms. The van der Waals surface area contributed by atoms with Crippen molar-refractivity contribution in [2.24, 2.45) is 7.05 Å². The van der Waals surface area contributed by atoms with Crippen LogP contribution in [0.1, 0.15) is 25.0 Å². The molecule has 0 radical (unpaired) electrons. The highest BCUT2D eigenvalue weighted by Crippen LogP contribution is 2.19. The molecule has 108 valence electrons. The molecule has 1 heterocycles. The second-order valence-electron chi connectivity index (χ2n) is 5.30. The fourth-order valence-corrected chi connectivity index (χ4v) is 2.82. The lowest BCUT2D eigenvalue weighted by atomic mass is 10.2. The van der Waals surface area contributed by atoms with Gasteiger partial charge in [-0.3, -0.25) is 4.68 Å². The standard InChI is InChI=1S/C16H23N3S/c1-13(2)17-10-14-4-6-16(7-5-14)20-9-8-15-11-18-19(3)12-15/h4-7,11-13,17H,8-10H2,1-3H3. The van der Waals surface area contributed by atoms with Crippen LogP contribution in [0.25, 0.3) is 0 Å². The lowest BCUT2D eigenvalue weighted by Crippen LogP contribution is -2.21. The van der Waals surface area contributed by atoms with Gasteiger partial charge in [0.1, 0.15) is 0 Å². The Morgan fingerprint density at radius 3 is 2.55 bits per heavy atom. The number of aromatic nitrogens is 2. The van der Waals surface area contributed by atoms with Gasteiger partial charge >= 0.3 is 0 Å². The Bertz CT molecular complexity index is 517. The molecule has 2 aromatic rings. The Labute approximate surface area is 125 Å². The van der Waals surface area contributed by atoms with Gasteiger partial charge in [0.25, 0.3) is 0 Å². The fourth-order valence-electron chi connectivity index (χ4n) is 1.91. The summed E-state index contributed by atoms with van der Waals surface area (Å²) >= 11 is 1.90. The maximum absolute atomic E-state index is 4.19. The summed E-state index contributed by atoms with van der Waals surface area (Å²) in [5.74, 6) is 1.09. The average molecular weight is 289 g/mol. The predicted octanol–water partition coefficient (Wildman–Crippen LogP) is 3.25. The van der Waals surface area contributed by atoms with E-state index in [-0.39, 0.29) is 0 Å². The molecular formula is C16H23N3S. The first-order valence-electron chi connectivity index (χ1n) is 7.06. The van der Waals surface area contributed by atoms with Crippen LogP contribution in [0.2, 0.25) is 0 Å². The van der Waals surface area contributed by atoms with Crippen molar-refractivity contribution in [1.29, 1.82) is 0 Å². The SMILES string of the molecule is CC(C)NCc1ccc(SCCc2cnn(C)c2)cc1. The molecule has 0 amide bonds. The van der Waals surface area contributed by atoms with Crippen LogP contribution >= 0.6 is 11.8 Å². The smallest absolute Gasteiger partial charge is 0.0521 e. The largest absolute Gasteiger partial charge is 0.310 e. The molecule has 0 saturated carbocycles. The molecule has 0 atom stereocenters. The van der Waals surface area contributed by atoms with Crippen molar-refractivity contribution in [2.75, 3.05) is 5.75 Å². The van der Waals surface area contributed by atoms with E-state index in [2.05, 4.69) is 54.7 Å². The normalized spacial score (nSPS) is 11.2. The van der Waals surface area contributed by atoms with Crippen molar-refractivity contribution in [2.45, 2.75) is 37.8 Å². The summed E-state index contributed by atoms with van der Waals surface area (Å²) in [6.45, 7) is 5.28. The summed E-state index contributed by atoms with van der Waals surface area (Å²) in [7, 11) is 1.96. The Morgan fingerprint density at radius 2 is 1.95 bits per heavy atom. The summed E-state index contributed by atoms with van der Waals surface area (Å²) in [4.78, 5) is 1.34. The molecule has 0 fully saturated rings. The number of nitrogens with zero attached hydrogens (tertiary/aromatic N) is 2. The monoisotopic (exact) mass is 289 g/mol. The first kappa shape index (κ1) is 15.1. The minimum Gasteiger partial charge on any atom is -0.310 e. The van der Waals surface area contributed by atoms with Crippen LogP contribution in [0.4, 0.5) is 0 Å². The fraction of sp³-hybridized carbons (Fsp3) is 0.438. The first-order valence-corrected chi connectivity index (χ1v) is 8.04. The van der Waals surface area contributed by atoms with Crippen molar-refractivity contribution in [3.05, 3.63) is 47.8 Å². The van der Waals surface area contributed by atoms with Gasteiger partial charge in [0.2, 0.25) is 0 Å². The van der Waals surface area contributed by atoms with E-state index in [0.717, 1.165) is 18.7 Å². The van der Waals surface area contributed by atoms with E-state index < -0.39 is 0 Å². The maximum atomic E-state index is 4.19. The molecule has 0 unspecified atom stereocenters. The van der Waals surface area contributed by atoms with Crippen molar-refractivity contribution in [3.8, 4) is 0 Å². The summed E-state index contributed by atoms with van der Waals surface area (Å²) in [5, 5.41) is 7.62. The van der Waals surface area contributed by atoms with Crippen LogP contribution in [0.5, 0.6) is 0 Å². The molecule has 0 aliphatic rings. The van der Waals surface area contributed by atoms with Gasteiger partial charge in [-0.2, -0.15) is 5.10 Å². The molecule has 4 heteroatoms. The van der Waals surface area contributed by atoms with Crippen LogP contribution < -0.4 is 5.32 Å². The lowest BCUT2D eigenvalue weighted by Gasteiger charge is -2.08. The van der Waals surface area contributed by atoms with Crippen molar-refractivity contribution < 1.29 is 0 Å².